The maximum atomic E-state index is 12.1. The van der Waals surface area contributed by atoms with Crippen molar-refractivity contribution in [2.45, 2.75) is 19.8 Å². The van der Waals surface area contributed by atoms with Crippen LogP contribution in [0.15, 0.2) is 36.4 Å². The van der Waals surface area contributed by atoms with Gasteiger partial charge in [-0.05, 0) is 36.2 Å². The van der Waals surface area contributed by atoms with E-state index < -0.39 is 5.97 Å². The van der Waals surface area contributed by atoms with E-state index in [1.54, 1.807) is 36.4 Å². The van der Waals surface area contributed by atoms with Crippen molar-refractivity contribution < 1.29 is 9.53 Å². The SMILES string of the molecule is CCCc1cc(Cl)c(OC(=O)c2ccccc2Cl)c(Cl)c1. The number of halogens is 3. The lowest BCUT2D eigenvalue weighted by atomic mass is 10.1. The van der Waals surface area contributed by atoms with E-state index in [0.717, 1.165) is 18.4 Å². The molecule has 0 bridgehead atoms. The van der Waals surface area contributed by atoms with Crippen molar-refractivity contribution in [1.29, 1.82) is 0 Å². The van der Waals surface area contributed by atoms with Gasteiger partial charge in [0, 0.05) is 0 Å². The van der Waals surface area contributed by atoms with E-state index >= 15 is 0 Å². The van der Waals surface area contributed by atoms with Crippen LogP contribution in [-0.2, 0) is 6.42 Å². The third-order valence-corrected chi connectivity index (χ3v) is 3.78. The van der Waals surface area contributed by atoms with E-state index in [4.69, 9.17) is 39.5 Å². The van der Waals surface area contributed by atoms with Crippen LogP contribution in [-0.4, -0.2) is 5.97 Å². The van der Waals surface area contributed by atoms with E-state index in [2.05, 4.69) is 6.92 Å². The lowest BCUT2D eigenvalue weighted by Gasteiger charge is -2.11. The monoisotopic (exact) mass is 342 g/mol. The summed E-state index contributed by atoms with van der Waals surface area (Å²) in [5.41, 5.74) is 1.27. The quantitative estimate of drug-likeness (QED) is 0.516. The Bertz CT molecular complexity index is 645. The molecule has 0 amide bonds. The van der Waals surface area contributed by atoms with Crippen molar-refractivity contribution in [3.05, 3.63) is 62.6 Å². The van der Waals surface area contributed by atoms with E-state index in [-0.39, 0.29) is 11.3 Å². The molecule has 2 nitrogen and oxygen atoms in total. The van der Waals surface area contributed by atoms with Crippen molar-refractivity contribution in [3.63, 3.8) is 0 Å². The molecule has 0 aliphatic carbocycles. The van der Waals surface area contributed by atoms with Gasteiger partial charge in [-0.25, -0.2) is 4.79 Å². The van der Waals surface area contributed by atoms with Crippen molar-refractivity contribution in [2.24, 2.45) is 0 Å². The molecule has 110 valence electrons. The van der Waals surface area contributed by atoms with Gasteiger partial charge in [-0.2, -0.15) is 0 Å². The molecule has 21 heavy (non-hydrogen) atoms. The van der Waals surface area contributed by atoms with Gasteiger partial charge in [-0.3, -0.25) is 0 Å². The highest BCUT2D eigenvalue weighted by Crippen LogP contribution is 2.35. The molecule has 0 fully saturated rings. The Labute approximate surface area is 138 Å². The zero-order chi connectivity index (χ0) is 15.4. The normalized spacial score (nSPS) is 10.5. The van der Waals surface area contributed by atoms with Gasteiger partial charge in [0.25, 0.3) is 0 Å². The molecule has 0 radical (unpaired) electrons. The van der Waals surface area contributed by atoms with Gasteiger partial charge in [0.2, 0.25) is 0 Å². The van der Waals surface area contributed by atoms with Crippen LogP contribution in [0.2, 0.25) is 15.1 Å². The van der Waals surface area contributed by atoms with Crippen LogP contribution in [0.4, 0.5) is 0 Å². The second kappa shape index (κ2) is 7.17. The van der Waals surface area contributed by atoms with Gasteiger partial charge in [0.15, 0.2) is 5.75 Å². The molecule has 0 aromatic heterocycles. The predicted molar refractivity (Wildman–Crippen MR) is 86.9 cm³/mol. The molecule has 2 aromatic rings. The summed E-state index contributed by atoms with van der Waals surface area (Å²) in [7, 11) is 0. The summed E-state index contributed by atoms with van der Waals surface area (Å²) in [4.78, 5) is 12.1. The number of carbonyl (C=O) groups is 1. The summed E-state index contributed by atoms with van der Waals surface area (Å²) in [6.45, 7) is 2.06. The highest BCUT2D eigenvalue weighted by Gasteiger charge is 2.17. The van der Waals surface area contributed by atoms with Crippen LogP contribution in [0.5, 0.6) is 5.75 Å². The number of benzene rings is 2. The number of aryl methyl sites for hydroxylation is 1. The molecule has 0 N–H and O–H groups in total. The second-order valence-electron chi connectivity index (χ2n) is 4.51. The molecule has 2 aromatic carbocycles. The fraction of sp³-hybridized carbons (Fsp3) is 0.188. The average Bonchev–Trinajstić information content (AvgIpc) is 2.43. The van der Waals surface area contributed by atoms with Crippen LogP contribution in [0.25, 0.3) is 0 Å². The van der Waals surface area contributed by atoms with Gasteiger partial charge < -0.3 is 4.74 Å². The third kappa shape index (κ3) is 3.91. The fourth-order valence-electron chi connectivity index (χ4n) is 1.92. The Hall–Kier alpha value is -1.22. The van der Waals surface area contributed by atoms with Crippen molar-refractivity contribution in [3.8, 4) is 5.75 Å². The fourth-order valence-corrected chi connectivity index (χ4v) is 2.74. The highest BCUT2D eigenvalue weighted by molar-refractivity contribution is 6.37. The summed E-state index contributed by atoms with van der Waals surface area (Å²) in [5.74, 6) is -0.434. The molecule has 0 aliphatic rings. The van der Waals surface area contributed by atoms with Gasteiger partial charge >= 0.3 is 5.97 Å². The Morgan fingerprint density at radius 1 is 1.05 bits per heavy atom. The number of hydrogen-bond acceptors (Lipinski definition) is 2. The summed E-state index contributed by atoms with van der Waals surface area (Å²) in [5, 5.41) is 0.940. The lowest BCUT2D eigenvalue weighted by Crippen LogP contribution is -2.10. The molecule has 2 rings (SSSR count). The summed E-state index contributed by atoms with van der Waals surface area (Å²) >= 11 is 18.3. The standard InChI is InChI=1S/C16H13Cl3O2/c1-2-5-10-8-13(18)15(14(19)9-10)21-16(20)11-6-3-4-7-12(11)17/h3-4,6-9H,2,5H2,1H3. The first-order valence-electron chi connectivity index (χ1n) is 6.47. The topological polar surface area (TPSA) is 26.3 Å². The molecule has 0 atom stereocenters. The summed E-state index contributed by atoms with van der Waals surface area (Å²) in [6.07, 6.45) is 1.84. The summed E-state index contributed by atoms with van der Waals surface area (Å²) in [6, 6.07) is 10.1. The van der Waals surface area contributed by atoms with Crippen LogP contribution >= 0.6 is 34.8 Å². The molecular formula is C16H13Cl3O2. The molecular weight excluding hydrogens is 331 g/mol. The molecule has 5 heteroatoms. The Kier molecular flexibility index (Phi) is 5.51. The molecule has 0 saturated carbocycles. The van der Waals surface area contributed by atoms with Crippen LogP contribution in [0.1, 0.15) is 29.3 Å². The largest absolute Gasteiger partial charge is 0.420 e. The average molecular weight is 344 g/mol. The first kappa shape index (κ1) is 16.2. The Morgan fingerprint density at radius 3 is 2.24 bits per heavy atom. The van der Waals surface area contributed by atoms with Crippen LogP contribution in [0.3, 0.4) is 0 Å². The zero-order valence-electron chi connectivity index (χ0n) is 11.3. The maximum absolute atomic E-state index is 12.1. The van der Waals surface area contributed by atoms with Crippen LogP contribution < -0.4 is 4.74 Å². The first-order chi connectivity index (χ1) is 10.0. The number of rotatable bonds is 4. The van der Waals surface area contributed by atoms with Gasteiger partial charge in [-0.15, -0.1) is 0 Å². The van der Waals surface area contributed by atoms with Gasteiger partial charge in [0.1, 0.15) is 0 Å². The predicted octanol–water partition coefficient (Wildman–Crippen LogP) is 5.82. The zero-order valence-corrected chi connectivity index (χ0v) is 13.6. The van der Waals surface area contributed by atoms with Gasteiger partial charge in [0.05, 0.1) is 20.6 Å². The van der Waals surface area contributed by atoms with Crippen molar-refractivity contribution >= 4 is 40.8 Å². The number of ether oxygens (including phenoxy) is 1. The number of hydrogen-bond donors (Lipinski definition) is 0. The van der Waals surface area contributed by atoms with E-state index in [9.17, 15) is 4.79 Å². The van der Waals surface area contributed by atoms with E-state index in [0.29, 0.717) is 15.1 Å². The van der Waals surface area contributed by atoms with E-state index in [1.165, 1.54) is 0 Å². The molecule has 0 heterocycles. The summed E-state index contributed by atoms with van der Waals surface area (Å²) < 4.78 is 5.29. The minimum Gasteiger partial charge on any atom is -0.420 e. The number of carbonyl (C=O) groups excluding carboxylic acids is 1. The second-order valence-corrected chi connectivity index (χ2v) is 5.73. The van der Waals surface area contributed by atoms with Crippen molar-refractivity contribution in [1.82, 2.24) is 0 Å². The highest BCUT2D eigenvalue weighted by atomic mass is 35.5. The molecule has 0 aliphatic heterocycles. The number of esters is 1. The van der Waals surface area contributed by atoms with Gasteiger partial charge in [-0.1, -0.05) is 60.3 Å². The third-order valence-electron chi connectivity index (χ3n) is 2.89. The molecule has 0 saturated heterocycles. The lowest BCUT2D eigenvalue weighted by molar-refractivity contribution is 0.0735. The van der Waals surface area contributed by atoms with Crippen molar-refractivity contribution in [2.75, 3.05) is 0 Å². The van der Waals surface area contributed by atoms with E-state index in [1.807, 2.05) is 0 Å². The first-order valence-corrected chi connectivity index (χ1v) is 7.61. The minimum absolute atomic E-state index is 0.156. The Balaban J connectivity index is 2.28. The Morgan fingerprint density at radius 2 is 1.67 bits per heavy atom. The molecule has 0 unspecified atom stereocenters. The molecule has 0 spiro atoms. The van der Waals surface area contributed by atoms with Crippen LogP contribution in [0, 0.1) is 0 Å². The minimum atomic E-state index is -0.590. The smallest absolute Gasteiger partial charge is 0.345 e. The maximum Gasteiger partial charge on any atom is 0.345 e.